The molecule has 5 nitrogen and oxygen atoms in total. The third-order valence-electron chi connectivity index (χ3n) is 5.27. The molecule has 0 fully saturated rings. The Morgan fingerprint density at radius 2 is 1.76 bits per heavy atom. The molecule has 0 aromatic heterocycles. The second kappa shape index (κ2) is 7.35. The summed E-state index contributed by atoms with van der Waals surface area (Å²) in [6.07, 6.45) is 2.08. The van der Waals surface area contributed by atoms with Crippen molar-refractivity contribution >= 4 is 17.3 Å². The van der Waals surface area contributed by atoms with Crippen molar-refractivity contribution in [3.63, 3.8) is 0 Å². The molecule has 0 radical (unpaired) electrons. The molecular formula is C23H20ClN2O3+. The van der Waals surface area contributed by atoms with Gasteiger partial charge in [-0.3, -0.25) is 0 Å². The molecule has 0 aliphatic carbocycles. The van der Waals surface area contributed by atoms with Gasteiger partial charge in [0, 0.05) is 27.9 Å². The van der Waals surface area contributed by atoms with Gasteiger partial charge < -0.3 is 25.2 Å². The first-order chi connectivity index (χ1) is 14.2. The van der Waals surface area contributed by atoms with Crippen LogP contribution in [0.3, 0.4) is 0 Å². The van der Waals surface area contributed by atoms with Crippen LogP contribution in [-0.4, -0.2) is 11.9 Å². The molecule has 0 bridgehead atoms. The Bertz CT molecular complexity index is 1080. The number of benzene rings is 3. The van der Waals surface area contributed by atoms with Crippen LogP contribution in [0.25, 0.3) is 5.70 Å². The maximum Gasteiger partial charge on any atom is 0.231 e. The number of phenols is 1. The zero-order valence-electron chi connectivity index (χ0n) is 15.5. The lowest BCUT2D eigenvalue weighted by molar-refractivity contribution is -0.731. The van der Waals surface area contributed by atoms with E-state index in [0.717, 1.165) is 33.9 Å². The molecule has 2 unspecified atom stereocenters. The lowest BCUT2D eigenvalue weighted by atomic mass is 9.97. The largest absolute Gasteiger partial charge is 0.507 e. The van der Waals surface area contributed by atoms with E-state index in [1.165, 1.54) is 0 Å². The molecule has 0 saturated carbocycles. The quantitative estimate of drug-likeness (QED) is 0.619. The Morgan fingerprint density at radius 1 is 0.966 bits per heavy atom. The van der Waals surface area contributed by atoms with Crippen LogP contribution >= 0.6 is 11.6 Å². The summed E-state index contributed by atoms with van der Waals surface area (Å²) >= 11 is 6.07. The number of para-hydroxylation sites is 1. The number of nitrogens with one attached hydrogen (secondary N) is 1. The van der Waals surface area contributed by atoms with E-state index in [9.17, 15) is 5.11 Å². The molecule has 5 rings (SSSR count). The highest BCUT2D eigenvalue weighted by Crippen LogP contribution is 2.36. The maximum absolute atomic E-state index is 10.4. The number of fused-ring (bicyclic) bond motifs is 1. The Hall–Kier alpha value is -3.15. The van der Waals surface area contributed by atoms with E-state index in [1.54, 1.807) is 6.07 Å². The summed E-state index contributed by atoms with van der Waals surface area (Å²) in [4.78, 5) is 0. The van der Waals surface area contributed by atoms with Crippen LogP contribution in [0.1, 0.15) is 28.9 Å². The van der Waals surface area contributed by atoms with Crippen molar-refractivity contribution in [3.05, 3.63) is 94.5 Å². The minimum Gasteiger partial charge on any atom is -0.507 e. The van der Waals surface area contributed by atoms with Crippen molar-refractivity contribution in [2.45, 2.75) is 12.2 Å². The molecule has 0 spiro atoms. The fourth-order valence-corrected chi connectivity index (χ4v) is 3.90. The zero-order chi connectivity index (χ0) is 19.8. The molecule has 0 saturated heterocycles. The lowest BCUT2D eigenvalue weighted by Gasteiger charge is -2.30. The molecule has 4 N–H and O–H groups in total. The lowest BCUT2D eigenvalue weighted by Crippen LogP contribution is -2.89. The van der Waals surface area contributed by atoms with E-state index in [1.807, 2.05) is 60.7 Å². The van der Waals surface area contributed by atoms with Crippen LogP contribution in [0, 0.1) is 0 Å². The number of aromatic hydroxyl groups is 1. The van der Waals surface area contributed by atoms with Crippen LogP contribution in [-0.2, 0) is 0 Å². The van der Waals surface area contributed by atoms with Crippen molar-refractivity contribution < 1.29 is 19.9 Å². The Kier molecular flexibility index (Phi) is 4.54. The van der Waals surface area contributed by atoms with Gasteiger partial charge in [-0.1, -0.05) is 23.7 Å². The van der Waals surface area contributed by atoms with Gasteiger partial charge in [-0.05, 0) is 54.6 Å². The maximum atomic E-state index is 10.4. The summed E-state index contributed by atoms with van der Waals surface area (Å²) in [6, 6.07) is 21.1. The summed E-state index contributed by atoms with van der Waals surface area (Å²) in [5.41, 5.74) is 3.94. The van der Waals surface area contributed by atoms with Gasteiger partial charge in [0.1, 0.15) is 11.8 Å². The van der Waals surface area contributed by atoms with Gasteiger partial charge in [-0.15, -0.1) is 0 Å². The first kappa shape index (κ1) is 17.9. The molecule has 3 aromatic carbocycles. The zero-order valence-corrected chi connectivity index (χ0v) is 16.3. The number of hydrogen-bond donors (Lipinski definition) is 3. The summed E-state index contributed by atoms with van der Waals surface area (Å²) in [6.45, 7) is 0.243. The van der Waals surface area contributed by atoms with Crippen LogP contribution in [0.2, 0.25) is 5.02 Å². The molecule has 2 aliphatic rings. The second-order valence-electron chi connectivity index (χ2n) is 7.10. The SMILES string of the molecule is Oc1ccccc1C1C=C(c2ccc3c(c2)OCO3)NC(c2ccc(Cl)cc2)[NH2+]1. The minimum absolute atomic E-state index is 0.0395. The van der Waals surface area contributed by atoms with Crippen molar-refractivity contribution in [2.24, 2.45) is 0 Å². The predicted octanol–water partition coefficient (Wildman–Crippen LogP) is 3.72. The van der Waals surface area contributed by atoms with Crippen LogP contribution in [0.15, 0.2) is 72.8 Å². The van der Waals surface area contributed by atoms with Gasteiger partial charge in [-0.2, -0.15) is 0 Å². The highest BCUT2D eigenvalue weighted by molar-refractivity contribution is 6.30. The van der Waals surface area contributed by atoms with Gasteiger partial charge in [0.15, 0.2) is 17.7 Å². The molecule has 6 heteroatoms. The first-order valence-electron chi connectivity index (χ1n) is 9.44. The minimum atomic E-state index is -0.0569. The Balaban J connectivity index is 1.56. The Labute approximate surface area is 173 Å². The van der Waals surface area contributed by atoms with Gasteiger partial charge >= 0.3 is 0 Å². The number of phenolic OH excluding ortho intramolecular Hbond substituents is 1. The number of hydrogen-bond acceptors (Lipinski definition) is 4. The molecule has 29 heavy (non-hydrogen) atoms. The summed E-state index contributed by atoms with van der Waals surface area (Å²) < 4.78 is 11.0. The number of halogens is 1. The van der Waals surface area contributed by atoms with E-state index < -0.39 is 0 Å². The van der Waals surface area contributed by atoms with Gasteiger partial charge in [0.2, 0.25) is 6.79 Å². The predicted molar refractivity (Wildman–Crippen MR) is 111 cm³/mol. The summed E-state index contributed by atoms with van der Waals surface area (Å²) in [7, 11) is 0. The monoisotopic (exact) mass is 407 g/mol. The number of quaternary nitrogens is 1. The molecule has 2 atom stereocenters. The third kappa shape index (κ3) is 3.50. The van der Waals surface area contributed by atoms with Crippen molar-refractivity contribution in [3.8, 4) is 17.2 Å². The van der Waals surface area contributed by atoms with E-state index in [2.05, 4.69) is 16.7 Å². The molecule has 2 aliphatic heterocycles. The fraction of sp³-hybridized carbons (Fsp3) is 0.130. The fourth-order valence-electron chi connectivity index (χ4n) is 3.78. The number of nitrogens with two attached hydrogens (primary N) is 1. The summed E-state index contributed by atoms with van der Waals surface area (Å²) in [5, 5.41) is 16.9. The average molecular weight is 408 g/mol. The standard InChI is InChI=1S/C23H19ClN2O3/c24-16-8-5-14(6-9-16)23-25-18(15-7-10-21-22(11-15)29-13-28-21)12-19(26-23)17-3-1-2-4-20(17)27/h1-12,19,23,25-27H,13H2/p+1. The highest BCUT2D eigenvalue weighted by Gasteiger charge is 2.29. The van der Waals surface area contributed by atoms with Gasteiger partial charge in [-0.25, -0.2) is 0 Å². The molecule has 2 heterocycles. The Morgan fingerprint density at radius 3 is 2.59 bits per heavy atom. The van der Waals surface area contributed by atoms with Crippen molar-refractivity contribution in [1.82, 2.24) is 5.32 Å². The number of ether oxygens (including phenoxy) is 2. The molecule has 3 aromatic rings. The third-order valence-corrected chi connectivity index (χ3v) is 5.52. The van der Waals surface area contributed by atoms with E-state index in [0.29, 0.717) is 5.02 Å². The topological polar surface area (TPSA) is 67.3 Å². The van der Waals surface area contributed by atoms with E-state index in [4.69, 9.17) is 21.1 Å². The second-order valence-corrected chi connectivity index (χ2v) is 7.54. The highest BCUT2D eigenvalue weighted by atomic mass is 35.5. The first-order valence-corrected chi connectivity index (χ1v) is 9.82. The number of rotatable bonds is 3. The molecule has 146 valence electrons. The van der Waals surface area contributed by atoms with Crippen LogP contribution in [0.4, 0.5) is 0 Å². The van der Waals surface area contributed by atoms with Crippen molar-refractivity contribution in [2.75, 3.05) is 6.79 Å². The molecular weight excluding hydrogens is 388 g/mol. The van der Waals surface area contributed by atoms with Gasteiger partial charge in [0.25, 0.3) is 0 Å². The smallest absolute Gasteiger partial charge is 0.231 e. The average Bonchev–Trinajstić information content (AvgIpc) is 3.22. The van der Waals surface area contributed by atoms with Crippen LogP contribution in [0.5, 0.6) is 17.2 Å². The molecule has 0 amide bonds. The normalized spacial score (nSPS) is 20.1. The van der Waals surface area contributed by atoms with E-state index in [-0.39, 0.29) is 24.8 Å². The van der Waals surface area contributed by atoms with Gasteiger partial charge in [0.05, 0.1) is 5.56 Å². The van der Waals surface area contributed by atoms with Crippen molar-refractivity contribution in [1.29, 1.82) is 0 Å². The van der Waals surface area contributed by atoms with E-state index >= 15 is 0 Å². The van der Waals surface area contributed by atoms with Crippen LogP contribution < -0.4 is 20.1 Å². The summed E-state index contributed by atoms with van der Waals surface area (Å²) in [5.74, 6) is 1.77.